The summed E-state index contributed by atoms with van der Waals surface area (Å²) in [6.45, 7) is 0.625. The van der Waals surface area contributed by atoms with Crippen molar-refractivity contribution in [2.75, 3.05) is 6.54 Å². The van der Waals surface area contributed by atoms with E-state index < -0.39 is 11.6 Å². The summed E-state index contributed by atoms with van der Waals surface area (Å²) in [7, 11) is 0. The molecule has 1 unspecified atom stereocenters. The highest BCUT2D eigenvalue weighted by molar-refractivity contribution is 5.80. The monoisotopic (exact) mass is 211 g/mol. The van der Waals surface area contributed by atoms with Crippen molar-refractivity contribution in [2.45, 2.75) is 12.8 Å². The Bertz CT molecular complexity index is 392. The lowest BCUT2D eigenvalue weighted by atomic mass is 9.98. The Morgan fingerprint density at radius 3 is 2.87 bits per heavy atom. The van der Waals surface area contributed by atoms with Crippen LogP contribution in [0.4, 0.5) is 8.78 Å². The molecule has 1 aromatic carbocycles. The molecule has 0 bridgehead atoms. The molecule has 1 heterocycles. The zero-order valence-corrected chi connectivity index (χ0v) is 8.09. The fourth-order valence-electron chi connectivity index (χ4n) is 1.81. The Balaban J connectivity index is 2.17. The van der Waals surface area contributed by atoms with Crippen LogP contribution in [0.15, 0.2) is 18.2 Å². The second kappa shape index (κ2) is 3.96. The van der Waals surface area contributed by atoms with Crippen molar-refractivity contribution in [2.24, 2.45) is 5.92 Å². The number of halogens is 2. The third-order valence-electron chi connectivity index (χ3n) is 2.66. The van der Waals surface area contributed by atoms with Crippen molar-refractivity contribution in [1.29, 1.82) is 0 Å². The fourth-order valence-corrected chi connectivity index (χ4v) is 1.81. The normalized spacial score (nSPS) is 20.4. The van der Waals surface area contributed by atoms with Crippen LogP contribution in [0, 0.1) is 17.6 Å². The number of hydrogen-bond donors (Lipinski definition) is 1. The molecule has 1 fully saturated rings. The quantitative estimate of drug-likeness (QED) is 0.791. The summed E-state index contributed by atoms with van der Waals surface area (Å²) in [5.41, 5.74) is 0.275. The second-order valence-corrected chi connectivity index (χ2v) is 3.69. The Hall–Kier alpha value is -1.45. The smallest absolute Gasteiger partial charge is 0.223 e. The molecule has 0 spiro atoms. The van der Waals surface area contributed by atoms with E-state index in [0.29, 0.717) is 13.0 Å². The van der Waals surface area contributed by atoms with Gasteiger partial charge in [-0.1, -0.05) is 12.1 Å². The standard InChI is InChI=1S/C11H11F2NO/c12-9-3-1-2-7(10(9)13)6-8-4-5-14-11(8)15/h1-3,8H,4-6H2,(H,14,15). The highest BCUT2D eigenvalue weighted by Crippen LogP contribution is 2.19. The first-order valence-electron chi connectivity index (χ1n) is 4.89. The van der Waals surface area contributed by atoms with E-state index in [9.17, 15) is 13.6 Å². The molecule has 2 nitrogen and oxygen atoms in total. The predicted molar refractivity (Wildman–Crippen MR) is 51.2 cm³/mol. The average Bonchev–Trinajstić information content (AvgIpc) is 2.60. The maximum Gasteiger partial charge on any atom is 0.223 e. The van der Waals surface area contributed by atoms with Crippen molar-refractivity contribution >= 4 is 5.91 Å². The third kappa shape index (κ3) is 1.98. The largest absolute Gasteiger partial charge is 0.356 e. The van der Waals surface area contributed by atoms with Gasteiger partial charge in [0.05, 0.1) is 0 Å². The Kier molecular flexibility index (Phi) is 2.66. The van der Waals surface area contributed by atoms with E-state index >= 15 is 0 Å². The van der Waals surface area contributed by atoms with Crippen LogP contribution in [-0.4, -0.2) is 12.5 Å². The van der Waals surface area contributed by atoms with Gasteiger partial charge in [-0.2, -0.15) is 0 Å². The van der Waals surface area contributed by atoms with Crippen LogP contribution in [-0.2, 0) is 11.2 Å². The summed E-state index contributed by atoms with van der Waals surface area (Å²) in [6, 6.07) is 4.05. The van der Waals surface area contributed by atoms with Crippen LogP contribution in [0.1, 0.15) is 12.0 Å². The number of hydrogen-bond acceptors (Lipinski definition) is 1. The summed E-state index contributed by atoms with van der Waals surface area (Å²) >= 11 is 0. The van der Waals surface area contributed by atoms with Crippen molar-refractivity contribution in [1.82, 2.24) is 5.32 Å². The lowest BCUT2D eigenvalue weighted by Gasteiger charge is -2.07. The fraction of sp³-hybridized carbons (Fsp3) is 0.364. The average molecular weight is 211 g/mol. The molecule has 1 aliphatic heterocycles. The number of amides is 1. The maximum atomic E-state index is 13.3. The first-order valence-corrected chi connectivity index (χ1v) is 4.89. The van der Waals surface area contributed by atoms with Crippen LogP contribution in [0.5, 0.6) is 0 Å². The molecule has 0 aliphatic carbocycles. The number of benzene rings is 1. The van der Waals surface area contributed by atoms with Gasteiger partial charge in [-0.05, 0) is 24.5 Å². The molecule has 1 amide bonds. The van der Waals surface area contributed by atoms with Gasteiger partial charge in [-0.3, -0.25) is 4.79 Å². The highest BCUT2D eigenvalue weighted by Gasteiger charge is 2.25. The van der Waals surface area contributed by atoms with Gasteiger partial charge in [0.2, 0.25) is 5.91 Å². The van der Waals surface area contributed by atoms with Crippen molar-refractivity contribution in [3.63, 3.8) is 0 Å². The van der Waals surface area contributed by atoms with E-state index in [4.69, 9.17) is 0 Å². The molecule has 1 atom stereocenters. The molecule has 1 aromatic rings. The summed E-state index contributed by atoms with van der Waals surface area (Å²) in [5.74, 6) is -1.98. The molecule has 0 radical (unpaired) electrons. The van der Waals surface area contributed by atoms with E-state index in [1.807, 2.05) is 0 Å². The van der Waals surface area contributed by atoms with E-state index in [2.05, 4.69) is 5.32 Å². The molecule has 0 saturated carbocycles. The molecule has 1 N–H and O–H groups in total. The SMILES string of the molecule is O=C1NCCC1Cc1cccc(F)c1F. The summed E-state index contributed by atoms with van der Waals surface area (Å²) in [5, 5.41) is 2.67. The topological polar surface area (TPSA) is 29.1 Å². The Morgan fingerprint density at radius 2 is 2.20 bits per heavy atom. The molecule has 4 heteroatoms. The zero-order valence-electron chi connectivity index (χ0n) is 8.09. The van der Waals surface area contributed by atoms with Crippen molar-refractivity contribution in [3.05, 3.63) is 35.4 Å². The van der Waals surface area contributed by atoms with Crippen LogP contribution < -0.4 is 5.32 Å². The Labute approximate surface area is 86.3 Å². The lowest BCUT2D eigenvalue weighted by molar-refractivity contribution is -0.122. The predicted octanol–water partition coefficient (Wildman–Crippen LogP) is 1.64. The van der Waals surface area contributed by atoms with Crippen molar-refractivity contribution < 1.29 is 13.6 Å². The van der Waals surface area contributed by atoms with Gasteiger partial charge in [0.25, 0.3) is 0 Å². The van der Waals surface area contributed by atoms with E-state index in [-0.39, 0.29) is 23.8 Å². The van der Waals surface area contributed by atoms with E-state index in [1.165, 1.54) is 12.1 Å². The summed E-state index contributed by atoms with van der Waals surface area (Å²) in [4.78, 5) is 11.2. The molecular formula is C11H11F2NO. The minimum absolute atomic E-state index is 0.0707. The Morgan fingerprint density at radius 1 is 1.40 bits per heavy atom. The second-order valence-electron chi connectivity index (χ2n) is 3.69. The summed E-state index contributed by atoms with van der Waals surface area (Å²) < 4.78 is 26.2. The van der Waals surface area contributed by atoms with E-state index in [1.54, 1.807) is 0 Å². The minimum atomic E-state index is -0.856. The van der Waals surface area contributed by atoms with Gasteiger partial charge in [0.15, 0.2) is 11.6 Å². The van der Waals surface area contributed by atoms with Gasteiger partial charge in [-0.25, -0.2) is 8.78 Å². The first-order chi connectivity index (χ1) is 7.18. The van der Waals surface area contributed by atoms with Crippen LogP contribution in [0.2, 0.25) is 0 Å². The van der Waals surface area contributed by atoms with Crippen LogP contribution in [0.3, 0.4) is 0 Å². The number of rotatable bonds is 2. The van der Waals surface area contributed by atoms with E-state index in [0.717, 1.165) is 6.07 Å². The number of carbonyl (C=O) groups excluding carboxylic acids is 1. The first kappa shape index (κ1) is 10.1. The van der Waals surface area contributed by atoms with Gasteiger partial charge < -0.3 is 5.32 Å². The third-order valence-corrected chi connectivity index (χ3v) is 2.66. The van der Waals surface area contributed by atoms with Crippen LogP contribution in [0.25, 0.3) is 0 Å². The maximum absolute atomic E-state index is 13.3. The molecule has 1 aliphatic rings. The zero-order chi connectivity index (χ0) is 10.8. The lowest BCUT2D eigenvalue weighted by Crippen LogP contribution is -2.20. The number of carbonyl (C=O) groups is 1. The molecule has 1 saturated heterocycles. The molecule has 0 aromatic heterocycles. The summed E-state index contributed by atoms with van der Waals surface area (Å²) in [6.07, 6.45) is 0.963. The number of nitrogens with one attached hydrogen (secondary N) is 1. The van der Waals surface area contributed by atoms with Gasteiger partial charge in [-0.15, -0.1) is 0 Å². The minimum Gasteiger partial charge on any atom is -0.356 e. The van der Waals surface area contributed by atoms with Crippen molar-refractivity contribution in [3.8, 4) is 0 Å². The highest BCUT2D eigenvalue weighted by atomic mass is 19.2. The van der Waals surface area contributed by atoms with Gasteiger partial charge in [0, 0.05) is 12.5 Å². The van der Waals surface area contributed by atoms with Gasteiger partial charge in [0.1, 0.15) is 0 Å². The van der Waals surface area contributed by atoms with Gasteiger partial charge >= 0.3 is 0 Å². The van der Waals surface area contributed by atoms with Crippen LogP contribution >= 0.6 is 0 Å². The molecular weight excluding hydrogens is 200 g/mol. The molecule has 15 heavy (non-hydrogen) atoms. The molecule has 2 rings (SSSR count). The molecule has 80 valence electrons.